The summed E-state index contributed by atoms with van der Waals surface area (Å²) in [6.45, 7) is 2.01. The van der Waals surface area contributed by atoms with Crippen LogP contribution >= 0.6 is 0 Å². The van der Waals surface area contributed by atoms with Crippen molar-refractivity contribution in [3.05, 3.63) is 30.0 Å². The maximum atomic E-state index is 5.68. The van der Waals surface area contributed by atoms with Gasteiger partial charge in [-0.05, 0) is 18.6 Å². The highest BCUT2D eigenvalue weighted by atomic mass is 16.3. The summed E-state index contributed by atoms with van der Waals surface area (Å²) in [5.74, 6) is 0. The number of anilines is 1. The Morgan fingerprint density at radius 1 is 1.36 bits per heavy atom. The van der Waals surface area contributed by atoms with Crippen molar-refractivity contribution < 1.29 is 4.42 Å². The largest absolute Gasteiger partial charge is 0.462 e. The Morgan fingerprint density at radius 3 is 2.91 bits per heavy atom. The van der Waals surface area contributed by atoms with E-state index >= 15 is 0 Å². The van der Waals surface area contributed by atoms with Gasteiger partial charge in [-0.15, -0.1) is 0 Å². The molecular weight excluding hydrogens is 138 g/mol. The second-order valence-corrected chi connectivity index (χ2v) is 2.64. The number of hydrogen-bond donors (Lipinski definition) is 1. The van der Waals surface area contributed by atoms with Gasteiger partial charge in [-0.1, -0.05) is 12.1 Å². The van der Waals surface area contributed by atoms with Crippen molar-refractivity contribution in [2.45, 2.75) is 6.92 Å². The molecule has 1 aromatic heterocycles. The van der Waals surface area contributed by atoms with Crippen molar-refractivity contribution in [3.63, 3.8) is 0 Å². The maximum absolute atomic E-state index is 5.68. The average Bonchev–Trinajstić information content (AvgIpc) is 2.35. The maximum Gasteiger partial charge on any atom is 0.156 e. The molecule has 0 aliphatic rings. The quantitative estimate of drug-likeness (QED) is 0.581. The smallest absolute Gasteiger partial charge is 0.156 e. The molecule has 0 saturated heterocycles. The number of aryl methyl sites for hydroxylation is 1. The number of furan rings is 1. The number of para-hydroxylation sites is 1. The molecule has 0 atom stereocenters. The van der Waals surface area contributed by atoms with Gasteiger partial charge in [0.25, 0.3) is 0 Å². The third kappa shape index (κ3) is 0.792. The van der Waals surface area contributed by atoms with Gasteiger partial charge in [-0.25, -0.2) is 0 Å². The van der Waals surface area contributed by atoms with Crippen molar-refractivity contribution in [3.8, 4) is 0 Å². The molecule has 1 heterocycles. The van der Waals surface area contributed by atoms with E-state index in [1.807, 2.05) is 25.1 Å². The summed E-state index contributed by atoms with van der Waals surface area (Å²) in [5, 5.41) is 1.10. The summed E-state index contributed by atoms with van der Waals surface area (Å²) in [4.78, 5) is 0. The van der Waals surface area contributed by atoms with Gasteiger partial charge in [0.1, 0.15) is 0 Å². The van der Waals surface area contributed by atoms with Gasteiger partial charge in [0.2, 0.25) is 0 Å². The van der Waals surface area contributed by atoms with Crippen molar-refractivity contribution in [2.75, 3.05) is 5.73 Å². The van der Waals surface area contributed by atoms with Gasteiger partial charge in [0.05, 0.1) is 12.0 Å². The molecule has 0 saturated carbocycles. The first kappa shape index (κ1) is 6.28. The van der Waals surface area contributed by atoms with E-state index in [1.54, 1.807) is 6.26 Å². The molecule has 1 aromatic carbocycles. The van der Waals surface area contributed by atoms with Crippen LogP contribution in [0.1, 0.15) is 5.56 Å². The van der Waals surface area contributed by atoms with Gasteiger partial charge in [-0.3, -0.25) is 0 Å². The first-order valence-corrected chi connectivity index (χ1v) is 3.51. The average molecular weight is 147 g/mol. The molecule has 56 valence electrons. The Bertz CT molecular complexity index is 389. The summed E-state index contributed by atoms with van der Waals surface area (Å²) in [6, 6.07) is 5.77. The van der Waals surface area contributed by atoms with Gasteiger partial charge in [0.15, 0.2) is 5.58 Å². The second-order valence-electron chi connectivity index (χ2n) is 2.64. The Morgan fingerprint density at radius 2 is 2.18 bits per heavy atom. The van der Waals surface area contributed by atoms with Crippen molar-refractivity contribution >= 4 is 16.7 Å². The summed E-state index contributed by atoms with van der Waals surface area (Å²) >= 11 is 0. The first-order chi connectivity index (χ1) is 5.29. The zero-order chi connectivity index (χ0) is 7.84. The second kappa shape index (κ2) is 2.02. The van der Waals surface area contributed by atoms with Crippen LogP contribution in [0.4, 0.5) is 5.69 Å². The first-order valence-electron chi connectivity index (χ1n) is 3.51. The lowest BCUT2D eigenvalue weighted by atomic mass is 10.2. The Kier molecular flexibility index (Phi) is 1.15. The van der Waals surface area contributed by atoms with Gasteiger partial charge < -0.3 is 10.2 Å². The zero-order valence-electron chi connectivity index (χ0n) is 6.29. The summed E-state index contributed by atoms with van der Waals surface area (Å²) < 4.78 is 5.25. The number of nitrogens with two attached hydrogens (primary N) is 1. The van der Waals surface area contributed by atoms with E-state index in [4.69, 9.17) is 10.2 Å². The molecule has 0 aliphatic carbocycles. The highest BCUT2D eigenvalue weighted by molar-refractivity contribution is 5.90. The van der Waals surface area contributed by atoms with E-state index in [9.17, 15) is 0 Å². The Balaban J connectivity index is 2.94. The molecule has 2 aromatic rings. The number of rotatable bonds is 0. The van der Waals surface area contributed by atoms with Gasteiger partial charge in [0, 0.05) is 5.39 Å². The lowest BCUT2D eigenvalue weighted by molar-refractivity contribution is 0.614. The minimum Gasteiger partial charge on any atom is -0.462 e. The summed E-state index contributed by atoms with van der Waals surface area (Å²) in [6.07, 6.45) is 1.72. The molecule has 2 rings (SSSR count). The third-order valence-electron chi connectivity index (χ3n) is 1.82. The lowest BCUT2D eigenvalue weighted by Gasteiger charge is -1.92. The Hall–Kier alpha value is -1.44. The van der Waals surface area contributed by atoms with Crippen molar-refractivity contribution in [1.82, 2.24) is 0 Å². The van der Waals surface area contributed by atoms with Crippen LogP contribution in [0, 0.1) is 6.92 Å². The SMILES string of the molecule is Cc1coc2c(N)cccc12. The summed E-state index contributed by atoms with van der Waals surface area (Å²) in [7, 11) is 0. The highest BCUT2D eigenvalue weighted by Gasteiger charge is 2.02. The minimum atomic E-state index is 0.704. The third-order valence-corrected chi connectivity index (χ3v) is 1.82. The molecule has 0 unspecified atom stereocenters. The van der Waals surface area contributed by atoms with Crippen LogP contribution in [-0.2, 0) is 0 Å². The molecule has 0 aliphatic heterocycles. The van der Waals surface area contributed by atoms with Crippen molar-refractivity contribution in [1.29, 1.82) is 0 Å². The molecule has 2 heteroatoms. The lowest BCUT2D eigenvalue weighted by Crippen LogP contribution is -1.83. The topological polar surface area (TPSA) is 39.2 Å². The zero-order valence-corrected chi connectivity index (χ0v) is 6.29. The number of benzene rings is 1. The normalized spacial score (nSPS) is 10.6. The van der Waals surface area contributed by atoms with Gasteiger partial charge >= 0.3 is 0 Å². The molecule has 0 amide bonds. The molecule has 0 spiro atoms. The van der Waals surface area contributed by atoms with Crippen LogP contribution < -0.4 is 5.73 Å². The van der Waals surface area contributed by atoms with E-state index in [1.165, 1.54) is 0 Å². The minimum absolute atomic E-state index is 0.704. The molecular formula is C9H9NO. The summed E-state index contributed by atoms with van der Waals surface area (Å²) in [5.41, 5.74) is 8.31. The highest BCUT2D eigenvalue weighted by Crippen LogP contribution is 2.24. The Labute approximate surface area is 64.6 Å². The monoisotopic (exact) mass is 147 g/mol. The van der Waals surface area contributed by atoms with E-state index < -0.39 is 0 Å². The fourth-order valence-electron chi connectivity index (χ4n) is 1.21. The molecule has 2 N–H and O–H groups in total. The van der Waals surface area contributed by atoms with Crippen LogP contribution in [0.2, 0.25) is 0 Å². The fraction of sp³-hybridized carbons (Fsp3) is 0.111. The standard InChI is InChI=1S/C9H9NO/c1-6-5-11-9-7(6)3-2-4-8(9)10/h2-5H,10H2,1H3. The van der Waals surface area contributed by atoms with Crippen LogP contribution in [0.3, 0.4) is 0 Å². The van der Waals surface area contributed by atoms with E-state index in [2.05, 4.69) is 0 Å². The van der Waals surface area contributed by atoms with Crippen LogP contribution in [0.5, 0.6) is 0 Å². The predicted octanol–water partition coefficient (Wildman–Crippen LogP) is 2.32. The molecule has 0 fully saturated rings. The van der Waals surface area contributed by atoms with Crippen molar-refractivity contribution in [2.24, 2.45) is 0 Å². The fourth-order valence-corrected chi connectivity index (χ4v) is 1.21. The molecule has 11 heavy (non-hydrogen) atoms. The number of hydrogen-bond acceptors (Lipinski definition) is 2. The van der Waals surface area contributed by atoms with Crippen LogP contribution in [0.15, 0.2) is 28.9 Å². The number of fused-ring (bicyclic) bond motifs is 1. The molecule has 0 radical (unpaired) electrons. The van der Waals surface area contributed by atoms with Gasteiger partial charge in [-0.2, -0.15) is 0 Å². The molecule has 0 bridgehead atoms. The van der Waals surface area contributed by atoms with E-state index in [-0.39, 0.29) is 0 Å². The van der Waals surface area contributed by atoms with Crippen LogP contribution in [-0.4, -0.2) is 0 Å². The van der Waals surface area contributed by atoms with E-state index in [0.717, 1.165) is 16.5 Å². The number of nitrogen functional groups attached to an aromatic ring is 1. The van der Waals surface area contributed by atoms with E-state index in [0.29, 0.717) is 5.69 Å². The predicted molar refractivity (Wildman–Crippen MR) is 45.4 cm³/mol. The van der Waals surface area contributed by atoms with Crippen LogP contribution in [0.25, 0.3) is 11.0 Å². The molecule has 2 nitrogen and oxygen atoms in total.